The summed E-state index contributed by atoms with van der Waals surface area (Å²) in [5.41, 5.74) is 2.75. The highest BCUT2D eigenvalue weighted by atomic mass is 19.1. The average Bonchev–Trinajstić information content (AvgIpc) is 3.72. The Morgan fingerprint density at radius 1 is 1.27 bits per heavy atom. The summed E-state index contributed by atoms with van der Waals surface area (Å²) in [6.45, 7) is 8.72. The zero-order valence-corrected chi connectivity index (χ0v) is 29.6. The molecule has 0 bridgehead atoms. The molecule has 3 aliphatic heterocycles. The molecule has 3 atom stereocenters. The fourth-order valence-corrected chi connectivity index (χ4v) is 8.07. The lowest BCUT2D eigenvalue weighted by Gasteiger charge is -2.36. The van der Waals surface area contributed by atoms with Crippen LogP contribution in [0.4, 0.5) is 20.3 Å². The molecule has 1 N–H and O–H groups in total. The number of likely N-dealkylation sites (tertiary alicyclic amines) is 2. The van der Waals surface area contributed by atoms with Gasteiger partial charge in [-0.15, -0.1) is 6.42 Å². The monoisotopic (exact) mass is 707 g/mol. The maximum absolute atomic E-state index is 15.0. The first-order chi connectivity index (χ1) is 25.1. The highest BCUT2D eigenvalue weighted by Crippen LogP contribution is 2.39. The van der Waals surface area contributed by atoms with Crippen LogP contribution >= 0.6 is 0 Å². The molecule has 0 spiro atoms. The maximum Gasteiger partial charge on any atom is 0.318 e. The van der Waals surface area contributed by atoms with Crippen molar-refractivity contribution in [2.45, 2.75) is 63.4 Å². The van der Waals surface area contributed by atoms with Crippen LogP contribution in [0, 0.1) is 18.2 Å². The molecular formula is C40H43F2N7O3. The largest absolute Gasteiger partial charge is 0.508 e. The number of anilines is 2. The van der Waals surface area contributed by atoms with E-state index in [1.165, 1.54) is 12.1 Å². The molecule has 0 aliphatic carbocycles. The second-order valence-corrected chi connectivity index (χ2v) is 14.3. The number of hydrogen-bond donors (Lipinski definition) is 1. The number of phenols is 1. The molecule has 12 heteroatoms. The Labute approximate surface area is 302 Å². The van der Waals surface area contributed by atoms with Gasteiger partial charge in [-0.25, -0.2) is 8.78 Å². The van der Waals surface area contributed by atoms with E-state index in [0.29, 0.717) is 73.5 Å². The van der Waals surface area contributed by atoms with Gasteiger partial charge < -0.3 is 24.5 Å². The number of nitrogens with zero attached hydrogens (tertiary/aromatic N) is 7. The minimum Gasteiger partial charge on any atom is -0.508 e. The number of amides is 1. The van der Waals surface area contributed by atoms with Crippen LogP contribution in [0.25, 0.3) is 10.8 Å². The highest BCUT2D eigenvalue weighted by molar-refractivity contribution is 6.00. The maximum atomic E-state index is 15.0. The van der Waals surface area contributed by atoms with Crippen LogP contribution in [0.5, 0.6) is 11.8 Å². The summed E-state index contributed by atoms with van der Waals surface area (Å²) in [5.74, 6) is 2.64. The Bertz CT molecular complexity index is 2040. The van der Waals surface area contributed by atoms with Crippen molar-refractivity contribution in [1.29, 1.82) is 0 Å². The number of aromatic nitrogens is 3. The molecule has 2 saturated heterocycles. The minimum atomic E-state index is -1.01. The van der Waals surface area contributed by atoms with Gasteiger partial charge in [-0.1, -0.05) is 24.6 Å². The molecule has 52 heavy (non-hydrogen) atoms. The number of benzene rings is 2. The number of phenolic OH excluding ortho intramolecular Hbond substituents is 1. The molecule has 2 aromatic heterocycles. The van der Waals surface area contributed by atoms with Crippen molar-refractivity contribution in [1.82, 2.24) is 24.8 Å². The van der Waals surface area contributed by atoms with Gasteiger partial charge in [-0.05, 0) is 61.4 Å². The molecule has 2 fully saturated rings. The predicted molar refractivity (Wildman–Crippen MR) is 197 cm³/mol. The van der Waals surface area contributed by atoms with E-state index < -0.39 is 17.5 Å². The molecule has 1 amide bonds. The van der Waals surface area contributed by atoms with E-state index in [9.17, 15) is 18.7 Å². The number of halogens is 2. The number of alkyl halides is 1. The van der Waals surface area contributed by atoms with Crippen molar-refractivity contribution in [3.63, 3.8) is 0 Å². The third-order valence-corrected chi connectivity index (χ3v) is 10.7. The predicted octanol–water partition coefficient (Wildman–Crippen LogP) is 5.41. The lowest BCUT2D eigenvalue weighted by molar-refractivity contribution is -0.126. The number of hydrogen-bond acceptors (Lipinski definition) is 9. The average molecular weight is 708 g/mol. The number of carbonyl (C=O) groups excluding carboxylic acids is 1. The first kappa shape index (κ1) is 35.1. The Balaban J connectivity index is 1.22. The van der Waals surface area contributed by atoms with Crippen LogP contribution in [0.15, 0.2) is 61.4 Å². The molecule has 10 nitrogen and oxygen atoms in total. The lowest BCUT2D eigenvalue weighted by atomic mass is 9.98. The van der Waals surface area contributed by atoms with E-state index in [0.717, 1.165) is 24.0 Å². The Morgan fingerprint density at radius 3 is 2.88 bits per heavy atom. The molecule has 5 heterocycles. The summed E-state index contributed by atoms with van der Waals surface area (Å²) in [4.78, 5) is 34.8. The number of terminal acetylenes is 1. The Hall–Kier alpha value is -5.28. The summed E-state index contributed by atoms with van der Waals surface area (Å²) in [7, 11) is 1.96. The fraction of sp³-hybridized carbons (Fsp3) is 0.400. The first-order valence-electron chi connectivity index (χ1n) is 17.7. The second-order valence-electron chi connectivity index (χ2n) is 14.3. The van der Waals surface area contributed by atoms with Gasteiger partial charge in [0.25, 0.3) is 0 Å². The van der Waals surface area contributed by atoms with E-state index in [-0.39, 0.29) is 42.4 Å². The Morgan fingerprint density at radius 2 is 2.12 bits per heavy atom. The smallest absolute Gasteiger partial charge is 0.318 e. The van der Waals surface area contributed by atoms with Gasteiger partial charge in [0.1, 0.15) is 30.2 Å². The van der Waals surface area contributed by atoms with E-state index in [1.807, 2.05) is 35.9 Å². The minimum absolute atomic E-state index is 0.0127. The van der Waals surface area contributed by atoms with Gasteiger partial charge >= 0.3 is 6.01 Å². The van der Waals surface area contributed by atoms with Crippen molar-refractivity contribution in [3.05, 3.63) is 89.6 Å². The molecular weight excluding hydrogens is 664 g/mol. The van der Waals surface area contributed by atoms with Crippen molar-refractivity contribution in [2.24, 2.45) is 0 Å². The van der Waals surface area contributed by atoms with Crippen molar-refractivity contribution in [3.8, 4) is 24.1 Å². The van der Waals surface area contributed by atoms with E-state index in [4.69, 9.17) is 21.1 Å². The Kier molecular flexibility index (Phi) is 9.72. The van der Waals surface area contributed by atoms with Gasteiger partial charge in [-0.2, -0.15) is 9.97 Å². The molecule has 7 rings (SSSR count). The lowest BCUT2D eigenvalue weighted by Crippen LogP contribution is -2.45. The third kappa shape index (κ3) is 6.85. The van der Waals surface area contributed by atoms with Gasteiger partial charge in [0.2, 0.25) is 5.91 Å². The third-order valence-electron chi connectivity index (χ3n) is 10.7. The molecule has 270 valence electrons. The van der Waals surface area contributed by atoms with E-state index >= 15 is 0 Å². The molecule has 3 aliphatic rings. The fourth-order valence-electron chi connectivity index (χ4n) is 8.07. The molecule has 0 radical (unpaired) electrons. The number of likely N-dealkylation sites (N-methyl/N-ethyl adjacent to an activating group) is 1. The molecule has 0 saturated carbocycles. The zero-order valence-electron chi connectivity index (χ0n) is 29.6. The van der Waals surface area contributed by atoms with Gasteiger partial charge in [-0.3, -0.25) is 14.7 Å². The highest BCUT2D eigenvalue weighted by Gasteiger charge is 2.43. The van der Waals surface area contributed by atoms with Crippen LogP contribution in [0.3, 0.4) is 0 Å². The normalized spacial score (nSPS) is 21.6. The van der Waals surface area contributed by atoms with Crippen LogP contribution in [-0.4, -0.2) is 93.4 Å². The summed E-state index contributed by atoms with van der Waals surface area (Å²) in [5, 5.41) is 11.9. The van der Waals surface area contributed by atoms with Crippen LogP contribution in [0.1, 0.15) is 48.6 Å². The molecule has 0 unspecified atom stereocenters. The SMILES string of the molecule is C#Cc1c(F)ccc2cc(O)cc(N3CCc4c(nc(OC[C@]5(C)C[C@@H](F)CN5Cc5cccnc5)nc4N(C)C[C@@H]4CCCN4C(=O)C=C)C3)c12. The van der Waals surface area contributed by atoms with Crippen LogP contribution in [0.2, 0.25) is 0 Å². The van der Waals surface area contributed by atoms with Crippen LogP contribution < -0.4 is 14.5 Å². The number of carbonyl (C=O) groups is 1. The summed E-state index contributed by atoms with van der Waals surface area (Å²) < 4.78 is 36.3. The zero-order chi connectivity index (χ0) is 36.6. The van der Waals surface area contributed by atoms with Gasteiger partial charge in [0.15, 0.2) is 0 Å². The second kappa shape index (κ2) is 14.4. The molecule has 4 aromatic rings. The first-order valence-corrected chi connectivity index (χ1v) is 17.7. The van der Waals surface area contributed by atoms with Gasteiger partial charge in [0, 0.05) is 87.3 Å². The summed E-state index contributed by atoms with van der Waals surface area (Å²) >= 11 is 0. The quantitative estimate of drug-likeness (QED) is 0.172. The van der Waals surface area contributed by atoms with Crippen molar-refractivity contribution in [2.75, 3.05) is 49.6 Å². The van der Waals surface area contributed by atoms with E-state index in [2.05, 4.69) is 27.3 Å². The standard InChI is InChI=1S/C40H43F2N7O3/c1-5-31-33(42)12-11-27-17-30(50)18-35(37(27)31)47-16-13-32-34(24-47)44-39(45-38(32)46(4)23-29-10-8-15-49(29)36(51)6-2)52-25-40(3)19-28(41)22-48(40)21-26-9-7-14-43-20-26/h1,6-7,9,11-12,14,17-18,20,28-29,50H,2,8,10,13,15-16,19,21-25H2,3-4H3/t28-,29+,40+/m1/s1. The van der Waals surface area contributed by atoms with Crippen LogP contribution in [-0.2, 0) is 24.3 Å². The number of pyridine rings is 1. The topological polar surface area (TPSA) is 98.2 Å². The summed E-state index contributed by atoms with van der Waals surface area (Å²) in [6, 6.07) is 10.1. The number of rotatable bonds is 10. The summed E-state index contributed by atoms with van der Waals surface area (Å²) in [6.07, 6.45) is 12.3. The number of aromatic hydroxyl groups is 1. The molecule has 2 aromatic carbocycles. The number of ether oxygens (including phenoxy) is 1. The van der Waals surface area contributed by atoms with Crippen molar-refractivity contribution < 1.29 is 23.4 Å². The number of fused-ring (bicyclic) bond motifs is 2. The van der Waals surface area contributed by atoms with Gasteiger partial charge in [0.05, 0.1) is 23.3 Å². The van der Waals surface area contributed by atoms with Crippen molar-refractivity contribution >= 4 is 28.2 Å². The van der Waals surface area contributed by atoms with E-state index in [1.54, 1.807) is 30.6 Å².